The maximum Gasteiger partial charge on any atom is 0.0449 e. The van der Waals surface area contributed by atoms with E-state index in [1.54, 1.807) is 5.01 Å². The van der Waals surface area contributed by atoms with Crippen LogP contribution in [0.3, 0.4) is 0 Å². The minimum atomic E-state index is 0.488. The first kappa shape index (κ1) is 10.4. The Kier molecular flexibility index (Phi) is 3.60. The standard InChI is InChI=1S/C10H21N3/c1-8-4-3-5-10(6-8)13(12)7-9(2)11/h7-8,10H,3-6,11-12H2,1-2H3/b9-7-. The zero-order chi connectivity index (χ0) is 9.84. The van der Waals surface area contributed by atoms with Gasteiger partial charge in [-0.25, -0.2) is 5.84 Å². The lowest BCUT2D eigenvalue weighted by Crippen LogP contribution is -2.40. The second-order valence-electron chi connectivity index (χ2n) is 4.25. The number of nitrogens with two attached hydrogens (primary N) is 2. The van der Waals surface area contributed by atoms with Crippen molar-refractivity contribution >= 4 is 0 Å². The molecule has 3 nitrogen and oxygen atoms in total. The van der Waals surface area contributed by atoms with Crippen LogP contribution in [0.2, 0.25) is 0 Å². The molecule has 0 bridgehead atoms. The fraction of sp³-hybridized carbons (Fsp3) is 0.800. The van der Waals surface area contributed by atoms with Crippen molar-refractivity contribution in [1.82, 2.24) is 5.01 Å². The van der Waals surface area contributed by atoms with Crippen molar-refractivity contribution in [3.8, 4) is 0 Å². The maximum absolute atomic E-state index is 5.89. The van der Waals surface area contributed by atoms with Crippen LogP contribution in [0, 0.1) is 5.92 Å². The molecule has 1 aliphatic rings. The summed E-state index contributed by atoms with van der Waals surface area (Å²) in [6.45, 7) is 4.16. The number of hydrogen-bond acceptors (Lipinski definition) is 3. The smallest absolute Gasteiger partial charge is 0.0449 e. The lowest BCUT2D eigenvalue weighted by atomic mass is 9.87. The van der Waals surface area contributed by atoms with Crippen molar-refractivity contribution in [1.29, 1.82) is 0 Å². The minimum Gasteiger partial charge on any atom is -0.401 e. The number of hydrogen-bond donors (Lipinski definition) is 2. The van der Waals surface area contributed by atoms with Crippen molar-refractivity contribution in [3.63, 3.8) is 0 Å². The molecule has 1 aliphatic carbocycles. The highest BCUT2D eigenvalue weighted by atomic mass is 15.4. The number of hydrazine groups is 1. The highest BCUT2D eigenvalue weighted by Gasteiger charge is 2.21. The van der Waals surface area contributed by atoms with Gasteiger partial charge in [0, 0.05) is 17.9 Å². The topological polar surface area (TPSA) is 55.3 Å². The molecular formula is C10H21N3. The normalized spacial score (nSPS) is 30.2. The van der Waals surface area contributed by atoms with E-state index in [0.29, 0.717) is 6.04 Å². The first-order valence-electron chi connectivity index (χ1n) is 5.06. The monoisotopic (exact) mass is 183 g/mol. The third-order valence-electron chi connectivity index (χ3n) is 2.68. The van der Waals surface area contributed by atoms with Crippen LogP contribution < -0.4 is 11.6 Å². The fourth-order valence-electron chi connectivity index (χ4n) is 2.01. The average Bonchev–Trinajstić information content (AvgIpc) is 2.03. The van der Waals surface area contributed by atoms with E-state index < -0.39 is 0 Å². The van der Waals surface area contributed by atoms with Gasteiger partial charge in [0.2, 0.25) is 0 Å². The molecular weight excluding hydrogens is 162 g/mol. The van der Waals surface area contributed by atoms with Gasteiger partial charge in [0.25, 0.3) is 0 Å². The first-order valence-corrected chi connectivity index (χ1v) is 5.06. The molecule has 0 aromatic carbocycles. The Hall–Kier alpha value is -0.700. The summed E-state index contributed by atoms with van der Waals surface area (Å²) in [5.74, 6) is 6.69. The molecule has 2 unspecified atom stereocenters. The van der Waals surface area contributed by atoms with Gasteiger partial charge in [0.15, 0.2) is 0 Å². The van der Waals surface area contributed by atoms with Crippen LogP contribution in [-0.2, 0) is 0 Å². The van der Waals surface area contributed by atoms with Gasteiger partial charge in [-0.2, -0.15) is 0 Å². The number of rotatable bonds is 2. The Morgan fingerprint density at radius 1 is 1.46 bits per heavy atom. The summed E-state index contributed by atoms with van der Waals surface area (Å²) in [7, 11) is 0. The SMILES string of the molecule is C/C(N)=C/N(N)C1CCCC(C)C1. The van der Waals surface area contributed by atoms with Crippen LogP contribution in [0.25, 0.3) is 0 Å². The number of nitrogens with zero attached hydrogens (tertiary/aromatic N) is 1. The Labute approximate surface area is 80.7 Å². The van der Waals surface area contributed by atoms with Crippen molar-refractivity contribution in [2.75, 3.05) is 0 Å². The van der Waals surface area contributed by atoms with Crippen molar-refractivity contribution in [2.45, 2.75) is 45.6 Å². The van der Waals surface area contributed by atoms with Gasteiger partial charge >= 0.3 is 0 Å². The Balaban J connectivity index is 2.46. The van der Waals surface area contributed by atoms with Gasteiger partial charge in [0.1, 0.15) is 0 Å². The van der Waals surface area contributed by atoms with Crippen LogP contribution in [0.5, 0.6) is 0 Å². The molecule has 0 aliphatic heterocycles. The number of allylic oxidation sites excluding steroid dienone is 1. The molecule has 13 heavy (non-hydrogen) atoms. The van der Waals surface area contributed by atoms with Gasteiger partial charge < -0.3 is 10.7 Å². The van der Waals surface area contributed by atoms with Crippen LogP contribution in [0.15, 0.2) is 11.9 Å². The quantitative estimate of drug-likeness (QED) is 0.504. The first-order chi connectivity index (χ1) is 6.09. The molecule has 0 amide bonds. The summed E-state index contributed by atoms with van der Waals surface area (Å²) >= 11 is 0. The second-order valence-corrected chi connectivity index (χ2v) is 4.25. The molecule has 1 fully saturated rings. The fourth-order valence-corrected chi connectivity index (χ4v) is 2.01. The van der Waals surface area contributed by atoms with Crippen LogP contribution >= 0.6 is 0 Å². The summed E-state index contributed by atoms with van der Waals surface area (Å²) in [6.07, 6.45) is 6.86. The van der Waals surface area contributed by atoms with Gasteiger partial charge in [-0.15, -0.1) is 0 Å². The van der Waals surface area contributed by atoms with E-state index in [0.717, 1.165) is 11.6 Å². The summed E-state index contributed by atoms with van der Waals surface area (Å²) in [4.78, 5) is 0. The summed E-state index contributed by atoms with van der Waals surface area (Å²) in [5.41, 5.74) is 6.35. The van der Waals surface area contributed by atoms with E-state index in [2.05, 4.69) is 6.92 Å². The van der Waals surface area contributed by atoms with E-state index in [9.17, 15) is 0 Å². The van der Waals surface area contributed by atoms with E-state index in [1.165, 1.54) is 25.7 Å². The zero-order valence-corrected chi connectivity index (χ0v) is 8.66. The minimum absolute atomic E-state index is 0.488. The molecule has 1 rings (SSSR count). The largest absolute Gasteiger partial charge is 0.401 e. The molecule has 0 aromatic heterocycles. The molecule has 0 aromatic rings. The highest BCUT2D eigenvalue weighted by molar-refractivity contribution is 4.92. The van der Waals surface area contributed by atoms with Gasteiger partial charge in [0.05, 0.1) is 0 Å². The van der Waals surface area contributed by atoms with Gasteiger partial charge in [-0.1, -0.05) is 19.8 Å². The summed E-state index contributed by atoms with van der Waals surface area (Å²) in [5, 5.41) is 1.78. The third kappa shape index (κ3) is 3.27. The van der Waals surface area contributed by atoms with Crippen molar-refractivity contribution in [3.05, 3.63) is 11.9 Å². The predicted octanol–water partition coefficient (Wildman–Crippen LogP) is 1.56. The Bertz CT molecular complexity index is 185. The lowest BCUT2D eigenvalue weighted by molar-refractivity contribution is 0.187. The second kappa shape index (κ2) is 4.51. The lowest BCUT2D eigenvalue weighted by Gasteiger charge is -2.32. The molecule has 0 radical (unpaired) electrons. The van der Waals surface area contributed by atoms with Crippen LogP contribution in [0.4, 0.5) is 0 Å². The predicted molar refractivity (Wildman–Crippen MR) is 55.4 cm³/mol. The van der Waals surface area contributed by atoms with E-state index in [4.69, 9.17) is 11.6 Å². The van der Waals surface area contributed by atoms with Crippen LogP contribution in [-0.4, -0.2) is 11.1 Å². The van der Waals surface area contributed by atoms with Crippen molar-refractivity contribution < 1.29 is 0 Å². The van der Waals surface area contributed by atoms with Gasteiger partial charge in [-0.3, -0.25) is 0 Å². The zero-order valence-electron chi connectivity index (χ0n) is 8.66. The molecule has 0 heterocycles. The summed E-state index contributed by atoms with van der Waals surface area (Å²) in [6, 6.07) is 0.488. The third-order valence-corrected chi connectivity index (χ3v) is 2.68. The highest BCUT2D eigenvalue weighted by Crippen LogP contribution is 2.26. The average molecular weight is 183 g/mol. The van der Waals surface area contributed by atoms with Crippen LogP contribution in [0.1, 0.15) is 39.5 Å². The molecule has 76 valence electrons. The molecule has 1 saturated carbocycles. The van der Waals surface area contributed by atoms with E-state index >= 15 is 0 Å². The molecule has 2 atom stereocenters. The molecule has 0 spiro atoms. The van der Waals surface area contributed by atoms with Crippen molar-refractivity contribution in [2.24, 2.45) is 17.5 Å². The van der Waals surface area contributed by atoms with Gasteiger partial charge in [-0.05, 0) is 25.7 Å². The Morgan fingerprint density at radius 3 is 2.69 bits per heavy atom. The Morgan fingerprint density at radius 2 is 2.15 bits per heavy atom. The van der Waals surface area contributed by atoms with E-state index in [-0.39, 0.29) is 0 Å². The van der Waals surface area contributed by atoms with E-state index in [1.807, 2.05) is 13.1 Å². The molecule has 4 N–H and O–H groups in total. The molecule has 3 heteroatoms. The molecule has 0 saturated heterocycles. The maximum atomic E-state index is 5.89. The summed E-state index contributed by atoms with van der Waals surface area (Å²) < 4.78 is 0.